The molecule has 1 aliphatic rings. The van der Waals surface area contributed by atoms with E-state index in [0.29, 0.717) is 18.0 Å². The molecule has 22 heavy (non-hydrogen) atoms. The molecule has 1 aliphatic heterocycles. The van der Waals surface area contributed by atoms with E-state index in [9.17, 15) is 9.90 Å². The van der Waals surface area contributed by atoms with Crippen LogP contribution in [0.25, 0.3) is 0 Å². The Kier molecular flexibility index (Phi) is 6.15. The Morgan fingerprint density at radius 2 is 2.32 bits per heavy atom. The zero-order chi connectivity index (χ0) is 15.9. The van der Waals surface area contributed by atoms with Gasteiger partial charge in [-0.05, 0) is 43.9 Å². The van der Waals surface area contributed by atoms with Crippen molar-refractivity contribution in [3.05, 3.63) is 23.5 Å². The predicted octanol–water partition coefficient (Wildman–Crippen LogP) is 1.49. The van der Waals surface area contributed by atoms with Gasteiger partial charge in [-0.25, -0.2) is 9.78 Å². The van der Waals surface area contributed by atoms with Crippen molar-refractivity contribution in [1.29, 1.82) is 0 Å². The van der Waals surface area contributed by atoms with E-state index in [4.69, 9.17) is 5.11 Å². The van der Waals surface area contributed by atoms with E-state index >= 15 is 0 Å². The number of aromatic hydroxyl groups is 1. The number of aromatic carboxylic acids is 1. The third-order valence-corrected chi connectivity index (χ3v) is 4.30. The number of hydrogen-bond acceptors (Lipinski definition) is 5. The number of pyridine rings is 1. The fraction of sp³-hybridized carbons (Fsp3) is 0.625. The molecule has 122 valence electrons. The molecule has 0 saturated carbocycles. The number of carboxylic acids is 1. The van der Waals surface area contributed by atoms with Crippen molar-refractivity contribution in [3.8, 4) is 5.75 Å². The first-order chi connectivity index (χ1) is 10.6. The van der Waals surface area contributed by atoms with Crippen LogP contribution < -0.4 is 5.32 Å². The summed E-state index contributed by atoms with van der Waals surface area (Å²) in [6.45, 7) is 6.46. The second-order valence-corrected chi connectivity index (χ2v) is 5.73. The van der Waals surface area contributed by atoms with Crippen LogP contribution in [-0.2, 0) is 6.42 Å². The van der Waals surface area contributed by atoms with Gasteiger partial charge in [-0.1, -0.05) is 6.92 Å². The van der Waals surface area contributed by atoms with Crippen molar-refractivity contribution in [1.82, 2.24) is 15.2 Å². The third kappa shape index (κ3) is 4.18. The van der Waals surface area contributed by atoms with E-state index in [1.54, 1.807) is 6.07 Å². The molecule has 6 nitrogen and oxygen atoms in total. The van der Waals surface area contributed by atoms with Crippen LogP contribution >= 0.6 is 0 Å². The predicted molar refractivity (Wildman–Crippen MR) is 84.3 cm³/mol. The van der Waals surface area contributed by atoms with Gasteiger partial charge >= 0.3 is 5.97 Å². The Hall–Kier alpha value is -1.66. The van der Waals surface area contributed by atoms with Crippen LogP contribution in [0.3, 0.4) is 0 Å². The van der Waals surface area contributed by atoms with Gasteiger partial charge in [-0.3, -0.25) is 4.90 Å². The number of carboxylic acid groups (broad SMARTS) is 1. The molecular weight excluding hydrogens is 282 g/mol. The number of aryl methyl sites for hydroxylation is 1. The summed E-state index contributed by atoms with van der Waals surface area (Å²) >= 11 is 0. The van der Waals surface area contributed by atoms with Crippen LogP contribution in [0.2, 0.25) is 0 Å². The second-order valence-electron chi connectivity index (χ2n) is 5.73. The van der Waals surface area contributed by atoms with E-state index in [1.165, 1.54) is 6.20 Å². The molecule has 6 heteroatoms. The number of nitrogens with zero attached hydrogens (tertiary/aromatic N) is 2. The van der Waals surface area contributed by atoms with Crippen molar-refractivity contribution < 1.29 is 15.0 Å². The molecule has 1 aromatic rings. The molecule has 1 unspecified atom stereocenters. The monoisotopic (exact) mass is 307 g/mol. The lowest BCUT2D eigenvalue weighted by Gasteiger charge is -2.35. The molecule has 2 heterocycles. The van der Waals surface area contributed by atoms with Gasteiger partial charge in [0.25, 0.3) is 0 Å². The van der Waals surface area contributed by atoms with Gasteiger partial charge in [0.1, 0.15) is 0 Å². The number of carbonyl (C=O) groups is 1. The lowest BCUT2D eigenvalue weighted by atomic mass is 10.1. The minimum atomic E-state index is -1.19. The Bertz CT molecular complexity index is 507. The van der Waals surface area contributed by atoms with Gasteiger partial charge < -0.3 is 15.5 Å². The largest absolute Gasteiger partial charge is 0.505 e. The van der Waals surface area contributed by atoms with Crippen molar-refractivity contribution in [2.75, 3.05) is 26.2 Å². The summed E-state index contributed by atoms with van der Waals surface area (Å²) in [7, 11) is 0. The lowest BCUT2D eigenvalue weighted by Crippen LogP contribution is -2.51. The van der Waals surface area contributed by atoms with Gasteiger partial charge in [0.15, 0.2) is 11.4 Å². The number of hydrogen-bond donors (Lipinski definition) is 3. The first-order valence-electron chi connectivity index (χ1n) is 7.98. The molecule has 0 amide bonds. The van der Waals surface area contributed by atoms with Crippen LogP contribution in [0.4, 0.5) is 0 Å². The van der Waals surface area contributed by atoms with Crippen molar-refractivity contribution in [3.63, 3.8) is 0 Å². The van der Waals surface area contributed by atoms with Gasteiger partial charge in [0.2, 0.25) is 0 Å². The van der Waals surface area contributed by atoms with Crippen LogP contribution in [0.5, 0.6) is 5.75 Å². The Balaban J connectivity index is 1.81. The van der Waals surface area contributed by atoms with Crippen molar-refractivity contribution in [2.24, 2.45) is 0 Å². The average Bonchev–Trinajstić information content (AvgIpc) is 2.53. The van der Waals surface area contributed by atoms with Crippen molar-refractivity contribution >= 4 is 5.97 Å². The highest BCUT2D eigenvalue weighted by atomic mass is 16.4. The molecule has 1 fully saturated rings. The second kappa shape index (κ2) is 8.10. The van der Waals surface area contributed by atoms with Gasteiger partial charge in [0.05, 0.1) is 0 Å². The summed E-state index contributed by atoms with van der Waals surface area (Å²) in [6, 6.07) is 2.31. The Labute approximate surface area is 131 Å². The summed E-state index contributed by atoms with van der Waals surface area (Å²) in [5.41, 5.74) is 0.408. The smallest absolute Gasteiger partial charge is 0.358 e. The maximum absolute atomic E-state index is 10.9. The molecular formula is C16H25N3O3. The molecule has 1 saturated heterocycles. The molecule has 0 aromatic carbocycles. The summed E-state index contributed by atoms with van der Waals surface area (Å²) < 4.78 is 0. The molecule has 2 rings (SSSR count). The van der Waals surface area contributed by atoms with Crippen LogP contribution in [0.15, 0.2) is 12.3 Å². The van der Waals surface area contributed by atoms with Gasteiger partial charge in [-0.2, -0.15) is 0 Å². The fourth-order valence-corrected chi connectivity index (χ4v) is 2.98. The topological polar surface area (TPSA) is 85.7 Å². The van der Waals surface area contributed by atoms with E-state index < -0.39 is 5.97 Å². The summed E-state index contributed by atoms with van der Waals surface area (Å²) in [4.78, 5) is 17.2. The van der Waals surface area contributed by atoms with Crippen LogP contribution in [-0.4, -0.2) is 58.3 Å². The third-order valence-electron chi connectivity index (χ3n) is 4.30. The molecule has 0 bridgehead atoms. The zero-order valence-corrected chi connectivity index (χ0v) is 13.1. The van der Waals surface area contributed by atoms with Crippen LogP contribution in [0.1, 0.15) is 42.2 Å². The molecule has 0 radical (unpaired) electrons. The quantitative estimate of drug-likeness (QED) is 0.662. The number of nitrogens with one attached hydrogen (secondary N) is 1. The maximum atomic E-state index is 10.9. The first kappa shape index (κ1) is 16.7. The zero-order valence-electron chi connectivity index (χ0n) is 13.1. The van der Waals surface area contributed by atoms with Gasteiger partial charge in [-0.15, -0.1) is 0 Å². The van der Waals surface area contributed by atoms with E-state index in [1.807, 2.05) is 0 Å². The molecule has 3 N–H and O–H groups in total. The maximum Gasteiger partial charge on any atom is 0.358 e. The standard InChI is InChI=1S/C16H25N3O3/c1-2-13-11-17-8-10-19(13)9-4-3-5-12-6-7-18-14(15(12)20)16(21)22/h6-7,13,17,20H,2-5,8-11H2,1H3,(H,21,22). The van der Waals surface area contributed by atoms with E-state index in [2.05, 4.69) is 22.1 Å². The number of aromatic nitrogens is 1. The molecule has 1 atom stereocenters. The Morgan fingerprint density at radius 1 is 1.50 bits per heavy atom. The number of rotatable bonds is 7. The molecule has 1 aromatic heterocycles. The summed E-state index contributed by atoms with van der Waals surface area (Å²) in [5.74, 6) is -1.38. The first-order valence-corrected chi connectivity index (χ1v) is 7.98. The summed E-state index contributed by atoms with van der Waals surface area (Å²) in [6.07, 6.45) is 5.25. The fourth-order valence-electron chi connectivity index (χ4n) is 2.98. The highest BCUT2D eigenvalue weighted by Crippen LogP contribution is 2.22. The van der Waals surface area contributed by atoms with Gasteiger partial charge in [0, 0.05) is 31.9 Å². The highest BCUT2D eigenvalue weighted by Gasteiger charge is 2.19. The molecule has 0 spiro atoms. The number of piperazine rings is 1. The number of unbranched alkanes of at least 4 members (excludes halogenated alkanes) is 1. The minimum absolute atomic E-state index is 0.191. The van der Waals surface area contributed by atoms with Crippen molar-refractivity contribution in [2.45, 2.75) is 38.6 Å². The average molecular weight is 307 g/mol. The SMILES string of the molecule is CCC1CNCCN1CCCCc1ccnc(C(=O)O)c1O. The summed E-state index contributed by atoms with van der Waals surface area (Å²) in [5, 5.41) is 22.3. The highest BCUT2D eigenvalue weighted by molar-refractivity contribution is 5.88. The normalized spacial score (nSPS) is 19.2. The van der Waals surface area contributed by atoms with Crippen LogP contribution in [0, 0.1) is 0 Å². The van der Waals surface area contributed by atoms with E-state index in [-0.39, 0.29) is 11.4 Å². The lowest BCUT2D eigenvalue weighted by molar-refractivity contribution is 0.0686. The molecule has 0 aliphatic carbocycles. The van der Waals surface area contributed by atoms with E-state index in [0.717, 1.165) is 45.4 Å². The minimum Gasteiger partial charge on any atom is -0.505 e. The Morgan fingerprint density at radius 3 is 3.05 bits per heavy atom.